The normalized spacial score (nSPS) is 16.6. The summed E-state index contributed by atoms with van der Waals surface area (Å²) in [5.41, 5.74) is -0.483. The van der Waals surface area contributed by atoms with E-state index in [-0.39, 0.29) is 17.2 Å². The molecule has 136 valence electrons. The lowest BCUT2D eigenvalue weighted by molar-refractivity contribution is -0.386. The van der Waals surface area contributed by atoms with E-state index in [4.69, 9.17) is 4.74 Å². The van der Waals surface area contributed by atoms with Crippen molar-refractivity contribution in [3.63, 3.8) is 0 Å². The van der Waals surface area contributed by atoms with Gasteiger partial charge < -0.3 is 15.0 Å². The van der Waals surface area contributed by atoms with Crippen molar-refractivity contribution in [1.29, 1.82) is 0 Å². The fourth-order valence-electron chi connectivity index (χ4n) is 2.80. The average Bonchev–Trinajstić information content (AvgIpc) is 3.21. The fraction of sp³-hybridized carbons (Fsp3) is 0.250. The summed E-state index contributed by atoms with van der Waals surface area (Å²) in [5.74, 6) is -1.88. The van der Waals surface area contributed by atoms with Crippen LogP contribution in [0.15, 0.2) is 29.6 Å². The quantitative estimate of drug-likeness (QED) is 0.487. The molecule has 1 N–H and O–H groups in total. The maximum Gasteiger partial charge on any atom is 0.340 e. The number of anilines is 2. The Morgan fingerprint density at radius 1 is 1.46 bits per heavy atom. The van der Waals surface area contributed by atoms with Crippen LogP contribution in [-0.4, -0.2) is 36.5 Å². The van der Waals surface area contributed by atoms with Crippen molar-refractivity contribution >= 4 is 39.6 Å². The summed E-state index contributed by atoms with van der Waals surface area (Å²) < 4.78 is 18.4. The number of nitro groups is 1. The monoisotopic (exact) mass is 379 g/mol. The van der Waals surface area contributed by atoms with Crippen LogP contribution < -0.4 is 10.2 Å². The molecule has 1 fully saturated rings. The molecule has 2 aromatic rings. The maximum absolute atomic E-state index is 13.7. The van der Waals surface area contributed by atoms with Gasteiger partial charge in [0.05, 0.1) is 17.6 Å². The molecule has 1 amide bonds. The number of hydrogen-bond acceptors (Lipinski definition) is 7. The van der Waals surface area contributed by atoms with E-state index in [0.29, 0.717) is 18.0 Å². The van der Waals surface area contributed by atoms with Crippen molar-refractivity contribution in [3.8, 4) is 0 Å². The number of carbonyl (C=O) groups is 2. The van der Waals surface area contributed by atoms with Crippen molar-refractivity contribution in [2.45, 2.75) is 12.5 Å². The molecule has 2 heterocycles. The Kier molecular flexibility index (Phi) is 4.85. The molecular formula is C16H14FN3O5S. The molecule has 0 aliphatic carbocycles. The minimum absolute atomic E-state index is 0.0606. The summed E-state index contributed by atoms with van der Waals surface area (Å²) in [4.78, 5) is 36.2. The highest BCUT2D eigenvalue weighted by Gasteiger charge is 2.36. The molecule has 1 aromatic heterocycles. The number of rotatable bonds is 5. The largest absolute Gasteiger partial charge is 0.465 e. The molecule has 1 atom stereocenters. The van der Waals surface area contributed by atoms with Crippen LogP contribution in [0.5, 0.6) is 0 Å². The molecule has 10 heteroatoms. The number of nitro benzene ring substituents is 1. The van der Waals surface area contributed by atoms with Crippen LogP contribution in [-0.2, 0) is 9.53 Å². The highest BCUT2D eigenvalue weighted by molar-refractivity contribution is 7.14. The van der Waals surface area contributed by atoms with E-state index < -0.39 is 28.4 Å². The summed E-state index contributed by atoms with van der Waals surface area (Å²) >= 11 is 1.22. The van der Waals surface area contributed by atoms with Gasteiger partial charge in [-0.3, -0.25) is 14.9 Å². The van der Waals surface area contributed by atoms with Crippen LogP contribution in [0.2, 0.25) is 0 Å². The highest BCUT2D eigenvalue weighted by atomic mass is 32.1. The molecule has 26 heavy (non-hydrogen) atoms. The van der Waals surface area contributed by atoms with Crippen LogP contribution in [0.1, 0.15) is 16.8 Å². The van der Waals surface area contributed by atoms with Crippen LogP contribution in [0.25, 0.3) is 0 Å². The molecule has 1 saturated heterocycles. The first-order valence-corrected chi connectivity index (χ1v) is 8.48. The van der Waals surface area contributed by atoms with E-state index in [2.05, 4.69) is 5.32 Å². The lowest BCUT2D eigenvalue weighted by atomic mass is 10.2. The molecule has 8 nitrogen and oxygen atoms in total. The van der Waals surface area contributed by atoms with Gasteiger partial charge in [0.15, 0.2) is 0 Å². The van der Waals surface area contributed by atoms with E-state index in [1.165, 1.54) is 35.5 Å². The molecule has 0 spiro atoms. The number of nitrogens with zero attached hydrogens (tertiary/aromatic N) is 2. The zero-order valence-corrected chi connectivity index (χ0v) is 14.4. The van der Waals surface area contributed by atoms with Gasteiger partial charge in [0.2, 0.25) is 11.7 Å². The number of carbonyl (C=O) groups excluding carboxylic acids is 2. The Morgan fingerprint density at radius 3 is 2.92 bits per heavy atom. The number of methoxy groups -OCH3 is 1. The van der Waals surface area contributed by atoms with Crippen LogP contribution >= 0.6 is 11.3 Å². The first-order valence-electron chi connectivity index (χ1n) is 7.60. The summed E-state index contributed by atoms with van der Waals surface area (Å²) in [6.07, 6.45) is 0.352. The molecule has 1 aliphatic heterocycles. The van der Waals surface area contributed by atoms with E-state index in [1.807, 2.05) is 0 Å². The Balaban J connectivity index is 1.83. The molecule has 0 bridgehead atoms. The van der Waals surface area contributed by atoms with Gasteiger partial charge in [-0.1, -0.05) is 6.07 Å². The summed E-state index contributed by atoms with van der Waals surface area (Å²) in [6.45, 7) is 0.324. The van der Waals surface area contributed by atoms with Crippen molar-refractivity contribution in [2.75, 3.05) is 23.9 Å². The number of hydrogen-bond donors (Lipinski definition) is 1. The van der Waals surface area contributed by atoms with E-state index in [0.717, 1.165) is 6.07 Å². The Hall–Kier alpha value is -3.01. The van der Waals surface area contributed by atoms with Crippen LogP contribution in [0.4, 0.5) is 20.8 Å². The second-order valence-electron chi connectivity index (χ2n) is 5.50. The Bertz CT molecular complexity index is 885. The van der Waals surface area contributed by atoms with Crippen molar-refractivity contribution in [3.05, 3.63) is 51.1 Å². The summed E-state index contributed by atoms with van der Waals surface area (Å²) in [6, 6.07) is 4.47. The lowest BCUT2D eigenvalue weighted by Gasteiger charge is -2.17. The van der Waals surface area contributed by atoms with Crippen molar-refractivity contribution in [2.24, 2.45) is 0 Å². The number of nitrogens with one attached hydrogen (secondary N) is 1. The lowest BCUT2D eigenvalue weighted by Crippen LogP contribution is -2.34. The zero-order valence-electron chi connectivity index (χ0n) is 13.6. The zero-order chi connectivity index (χ0) is 18.8. The average molecular weight is 379 g/mol. The van der Waals surface area contributed by atoms with Gasteiger partial charge in [-0.25, -0.2) is 4.79 Å². The van der Waals surface area contributed by atoms with Gasteiger partial charge >= 0.3 is 11.7 Å². The Morgan fingerprint density at radius 2 is 2.23 bits per heavy atom. The third-order valence-electron chi connectivity index (χ3n) is 4.00. The molecule has 1 unspecified atom stereocenters. The van der Waals surface area contributed by atoms with Gasteiger partial charge in [0.25, 0.3) is 0 Å². The second-order valence-corrected chi connectivity index (χ2v) is 6.39. The second kappa shape index (κ2) is 7.08. The number of thiophene rings is 1. The highest BCUT2D eigenvalue weighted by Crippen LogP contribution is 2.34. The number of amides is 1. The third-order valence-corrected chi connectivity index (χ3v) is 4.94. The molecule has 0 saturated carbocycles. The molecule has 0 radical (unpaired) electrons. The van der Waals surface area contributed by atoms with Gasteiger partial charge in [-0.2, -0.15) is 4.39 Å². The summed E-state index contributed by atoms with van der Waals surface area (Å²) in [7, 11) is 1.25. The van der Waals surface area contributed by atoms with Crippen molar-refractivity contribution in [1.82, 2.24) is 0 Å². The van der Waals surface area contributed by atoms with Crippen LogP contribution in [0.3, 0.4) is 0 Å². The fourth-order valence-corrected chi connectivity index (χ4v) is 3.72. The topological polar surface area (TPSA) is 102 Å². The van der Waals surface area contributed by atoms with E-state index >= 15 is 0 Å². The smallest absolute Gasteiger partial charge is 0.340 e. The van der Waals surface area contributed by atoms with Crippen molar-refractivity contribution < 1.29 is 23.6 Å². The molecule has 3 rings (SSSR count). The number of benzene rings is 1. The Labute approximate surface area is 151 Å². The van der Waals surface area contributed by atoms with E-state index in [1.54, 1.807) is 11.4 Å². The molecule has 1 aliphatic rings. The minimum atomic E-state index is -0.978. The summed E-state index contributed by atoms with van der Waals surface area (Å²) in [5, 5.41) is 16.0. The standard InChI is InChI=1S/C16H14FN3O5S/c1-25-16(22)9-6-8-26-15(9)19-7-5-12(14(19)21)18-11-4-2-3-10(17)13(11)20(23)24/h2-4,6,8,12,18H,5,7H2,1H3. The number of esters is 1. The maximum atomic E-state index is 13.7. The van der Waals surface area contributed by atoms with Crippen LogP contribution in [0, 0.1) is 15.9 Å². The SMILES string of the molecule is COC(=O)c1ccsc1N1CCC(Nc2cccc(F)c2[N+](=O)[O-])C1=O. The van der Waals surface area contributed by atoms with Gasteiger partial charge in [0, 0.05) is 6.54 Å². The van der Waals surface area contributed by atoms with Gasteiger partial charge in [-0.05, 0) is 30.0 Å². The number of ether oxygens (including phenoxy) is 1. The first-order chi connectivity index (χ1) is 12.4. The minimum Gasteiger partial charge on any atom is -0.465 e. The van der Waals surface area contributed by atoms with Gasteiger partial charge in [0.1, 0.15) is 16.7 Å². The molecule has 1 aromatic carbocycles. The number of halogens is 1. The molecular weight excluding hydrogens is 365 g/mol. The number of para-hydroxylation sites is 1. The predicted molar refractivity (Wildman–Crippen MR) is 93.1 cm³/mol. The van der Waals surface area contributed by atoms with E-state index in [9.17, 15) is 24.1 Å². The first kappa shape index (κ1) is 17.8. The van der Waals surface area contributed by atoms with Gasteiger partial charge in [-0.15, -0.1) is 11.3 Å². The predicted octanol–water partition coefficient (Wildman–Crippen LogP) is 2.80. The third kappa shape index (κ3) is 3.10.